The number of rotatable bonds is 3. The van der Waals surface area contributed by atoms with Gasteiger partial charge in [-0.1, -0.05) is 34.8 Å². The van der Waals surface area contributed by atoms with Gasteiger partial charge >= 0.3 is 0 Å². The van der Waals surface area contributed by atoms with Crippen LogP contribution in [0.25, 0.3) is 0 Å². The first kappa shape index (κ1) is 15.0. The summed E-state index contributed by atoms with van der Waals surface area (Å²) >= 11 is 17.6. The van der Waals surface area contributed by atoms with E-state index in [0.29, 0.717) is 10.7 Å². The molecule has 0 aliphatic rings. The normalized spacial score (nSPS) is 11.1. The lowest BCUT2D eigenvalue weighted by Crippen LogP contribution is -1.95. The molecule has 0 aliphatic carbocycles. The van der Waals surface area contributed by atoms with Crippen LogP contribution in [0.15, 0.2) is 35.4 Å². The lowest BCUT2D eigenvalue weighted by molar-refractivity contribution is 0.582. The summed E-state index contributed by atoms with van der Waals surface area (Å²) in [5.74, 6) is -1.37. The van der Waals surface area contributed by atoms with Crippen molar-refractivity contribution in [2.75, 3.05) is 5.43 Å². The largest absolute Gasteiger partial charge is 0.275 e. The lowest BCUT2D eigenvalue weighted by Gasteiger charge is -2.06. The van der Waals surface area contributed by atoms with E-state index in [1.807, 2.05) is 0 Å². The zero-order chi connectivity index (χ0) is 14.7. The number of halogens is 5. The van der Waals surface area contributed by atoms with E-state index in [4.69, 9.17) is 34.8 Å². The Hall–Kier alpha value is -1.36. The molecule has 0 saturated carbocycles. The SMILES string of the molecule is Fc1ccc(C=NNc2c(Cl)cc(Cl)cc2Cl)c(F)c1. The molecule has 0 unspecified atom stereocenters. The highest BCUT2D eigenvalue weighted by Crippen LogP contribution is 2.33. The molecule has 7 heteroatoms. The average Bonchev–Trinajstić information content (AvgIpc) is 2.34. The first-order valence-corrected chi connectivity index (χ1v) is 6.49. The molecule has 2 aromatic rings. The molecule has 0 heterocycles. The Kier molecular flexibility index (Phi) is 4.81. The molecular weight excluding hydrogens is 329 g/mol. The van der Waals surface area contributed by atoms with Crippen LogP contribution < -0.4 is 5.43 Å². The molecule has 20 heavy (non-hydrogen) atoms. The fraction of sp³-hybridized carbons (Fsp3) is 0. The maximum atomic E-state index is 13.4. The summed E-state index contributed by atoms with van der Waals surface area (Å²) in [6.07, 6.45) is 1.19. The summed E-state index contributed by atoms with van der Waals surface area (Å²) in [7, 11) is 0. The van der Waals surface area contributed by atoms with Gasteiger partial charge in [0.1, 0.15) is 11.6 Å². The van der Waals surface area contributed by atoms with Crippen LogP contribution in [0.4, 0.5) is 14.5 Å². The zero-order valence-electron chi connectivity index (χ0n) is 9.80. The third-order valence-corrected chi connectivity index (χ3v) is 3.16. The molecule has 0 aromatic heterocycles. The molecule has 0 saturated heterocycles. The van der Waals surface area contributed by atoms with E-state index in [1.54, 1.807) is 0 Å². The maximum absolute atomic E-state index is 13.4. The van der Waals surface area contributed by atoms with Crippen molar-refractivity contribution in [3.63, 3.8) is 0 Å². The van der Waals surface area contributed by atoms with Gasteiger partial charge < -0.3 is 0 Å². The predicted molar refractivity (Wildman–Crippen MR) is 79.0 cm³/mol. The van der Waals surface area contributed by atoms with Crippen molar-refractivity contribution in [3.8, 4) is 0 Å². The van der Waals surface area contributed by atoms with E-state index in [-0.39, 0.29) is 15.6 Å². The number of hydrogen-bond acceptors (Lipinski definition) is 2. The van der Waals surface area contributed by atoms with E-state index in [2.05, 4.69) is 10.5 Å². The first-order chi connectivity index (χ1) is 9.47. The highest BCUT2D eigenvalue weighted by Gasteiger charge is 2.07. The zero-order valence-corrected chi connectivity index (χ0v) is 12.1. The van der Waals surface area contributed by atoms with Crippen LogP contribution in [0.5, 0.6) is 0 Å². The average molecular weight is 336 g/mol. The Morgan fingerprint density at radius 1 is 1.00 bits per heavy atom. The monoisotopic (exact) mass is 334 g/mol. The summed E-state index contributed by atoms with van der Waals surface area (Å²) in [6.45, 7) is 0. The second-order valence-corrected chi connectivity index (χ2v) is 5.03. The predicted octanol–water partition coefficient (Wildman–Crippen LogP) is 5.37. The van der Waals surface area contributed by atoms with Crippen molar-refractivity contribution < 1.29 is 8.78 Å². The number of hydrogen-bond donors (Lipinski definition) is 1. The fourth-order valence-electron chi connectivity index (χ4n) is 1.42. The Morgan fingerprint density at radius 2 is 1.65 bits per heavy atom. The number of anilines is 1. The van der Waals surface area contributed by atoms with Crippen LogP contribution in [0.3, 0.4) is 0 Å². The minimum Gasteiger partial charge on any atom is -0.275 e. The molecule has 1 N–H and O–H groups in total. The van der Waals surface area contributed by atoms with Gasteiger partial charge in [0, 0.05) is 16.7 Å². The first-order valence-electron chi connectivity index (χ1n) is 5.36. The van der Waals surface area contributed by atoms with Crippen LogP contribution in [0, 0.1) is 11.6 Å². The lowest BCUT2D eigenvalue weighted by atomic mass is 10.2. The Bertz CT molecular complexity index is 652. The summed E-state index contributed by atoms with van der Waals surface area (Å²) < 4.78 is 26.1. The summed E-state index contributed by atoms with van der Waals surface area (Å²) in [6, 6.07) is 6.15. The van der Waals surface area contributed by atoms with Gasteiger partial charge in [0.25, 0.3) is 0 Å². The van der Waals surface area contributed by atoms with Crippen LogP contribution >= 0.6 is 34.8 Å². The molecule has 2 aromatic carbocycles. The number of nitrogens with zero attached hydrogens (tertiary/aromatic N) is 1. The van der Waals surface area contributed by atoms with E-state index >= 15 is 0 Å². The molecule has 0 spiro atoms. The molecule has 0 fully saturated rings. The highest BCUT2D eigenvalue weighted by molar-refractivity contribution is 6.41. The van der Waals surface area contributed by atoms with E-state index in [1.165, 1.54) is 24.4 Å². The molecule has 0 aliphatic heterocycles. The molecule has 2 rings (SSSR count). The van der Waals surface area contributed by atoms with E-state index < -0.39 is 11.6 Å². The van der Waals surface area contributed by atoms with Crippen molar-refractivity contribution in [3.05, 3.63) is 62.6 Å². The molecule has 0 bridgehead atoms. The molecular formula is C13H7Cl3F2N2. The van der Waals surface area contributed by atoms with Gasteiger partial charge in [-0.2, -0.15) is 5.10 Å². The fourth-order valence-corrected chi connectivity index (χ4v) is 2.32. The Balaban J connectivity index is 2.18. The van der Waals surface area contributed by atoms with Crippen molar-refractivity contribution in [2.45, 2.75) is 0 Å². The van der Waals surface area contributed by atoms with Crippen molar-refractivity contribution in [1.82, 2.24) is 0 Å². The van der Waals surface area contributed by atoms with E-state index in [0.717, 1.165) is 12.1 Å². The van der Waals surface area contributed by atoms with Gasteiger partial charge in [0.2, 0.25) is 0 Å². The van der Waals surface area contributed by atoms with Gasteiger partial charge in [-0.15, -0.1) is 0 Å². The van der Waals surface area contributed by atoms with Gasteiger partial charge in [-0.25, -0.2) is 8.78 Å². The topological polar surface area (TPSA) is 24.4 Å². The third-order valence-electron chi connectivity index (χ3n) is 2.35. The van der Waals surface area contributed by atoms with Crippen LogP contribution in [-0.4, -0.2) is 6.21 Å². The van der Waals surface area contributed by atoms with Crippen LogP contribution in [-0.2, 0) is 0 Å². The maximum Gasteiger partial charge on any atom is 0.134 e. The number of benzene rings is 2. The van der Waals surface area contributed by atoms with Crippen LogP contribution in [0.2, 0.25) is 15.1 Å². The summed E-state index contributed by atoms with van der Waals surface area (Å²) in [4.78, 5) is 0. The quantitative estimate of drug-likeness (QED) is 0.592. The minimum atomic E-state index is -0.719. The molecule has 0 amide bonds. The summed E-state index contributed by atoms with van der Waals surface area (Å²) in [5, 5.41) is 4.75. The van der Waals surface area contributed by atoms with Gasteiger partial charge in [0.05, 0.1) is 21.9 Å². The molecule has 0 radical (unpaired) electrons. The van der Waals surface area contributed by atoms with Crippen molar-refractivity contribution in [2.24, 2.45) is 5.10 Å². The Morgan fingerprint density at radius 3 is 2.25 bits per heavy atom. The second-order valence-electron chi connectivity index (χ2n) is 3.78. The third kappa shape index (κ3) is 3.60. The minimum absolute atomic E-state index is 0.125. The highest BCUT2D eigenvalue weighted by atomic mass is 35.5. The molecule has 2 nitrogen and oxygen atoms in total. The standard InChI is InChI=1S/C13H7Cl3F2N2/c14-8-3-10(15)13(11(16)4-8)20-19-6-7-1-2-9(17)5-12(7)18/h1-6,20H. The van der Waals surface area contributed by atoms with Gasteiger partial charge in [0.15, 0.2) is 0 Å². The molecule has 104 valence electrons. The molecule has 0 atom stereocenters. The summed E-state index contributed by atoms with van der Waals surface area (Å²) in [5.41, 5.74) is 3.05. The number of hydrazone groups is 1. The van der Waals surface area contributed by atoms with Gasteiger partial charge in [-0.3, -0.25) is 5.43 Å². The van der Waals surface area contributed by atoms with Crippen molar-refractivity contribution >= 4 is 46.7 Å². The van der Waals surface area contributed by atoms with E-state index in [9.17, 15) is 8.78 Å². The van der Waals surface area contributed by atoms with Crippen LogP contribution in [0.1, 0.15) is 5.56 Å². The smallest absolute Gasteiger partial charge is 0.134 e. The van der Waals surface area contributed by atoms with Gasteiger partial charge in [-0.05, 0) is 24.3 Å². The second kappa shape index (κ2) is 6.39. The Labute approximate surface area is 129 Å². The number of nitrogens with one attached hydrogen (secondary N) is 1. The van der Waals surface area contributed by atoms with Crippen molar-refractivity contribution in [1.29, 1.82) is 0 Å².